The van der Waals surface area contributed by atoms with Crippen LogP contribution in [0.15, 0.2) is 24.5 Å². The fourth-order valence-electron chi connectivity index (χ4n) is 2.59. The van der Waals surface area contributed by atoms with Gasteiger partial charge in [0.05, 0.1) is 5.92 Å². The lowest BCUT2D eigenvalue weighted by molar-refractivity contribution is -0.143. The Morgan fingerprint density at radius 1 is 1.38 bits per heavy atom. The van der Waals surface area contributed by atoms with E-state index in [0.717, 1.165) is 18.4 Å². The minimum absolute atomic E-state index is 0.218. The highest BCUT2D eigenvalue weighted by Crippen LogP contribution is 2.33. The van der Waals surface area contributed by atoms with Crippen LogP contribution in [0, 0.1) is 11.8 Å². The molecule has 3 heteroatoms. The first-order valence-electron chi connectivity index (χ1n) is 5.89. The Morgan fingerprint density at radius 3 is 2.56 bits per heavy atom. The molecular formula is C13H17NO2. The van der Waals surface area contributed by atoms with Crippen LogP contribution in [-0.2, 0) is 11.2 Å². The summed E-state index contributed by atoms with van der Waals surface area (Å²) in [4.78, 5) is 15.2. The number of carboxylic acid groups (broad SMARTS) is 1. The van der Waals surface area contributed by atoms with Gasteiger partial charge in [-0.05, 0) is 42.9 Å². The van der Waals surface area contributed by atoms with Gasteiger partial charge in [-0.3, -0.25) is 9.78 Å². The third-order valence-corrected chi connectivity index (χ3v) is 3.49. The van der Waals surface area contributed by atoms with Crippen LogP contribution in [0.3, 0.4) is 0 Å². The van der Waals surface area contributed by atoms with E-state index in [1.807, 2.05) is 12.1 Å². The van der Waals surface area contributed by atoms with E-state index >= 15 is 0 Å². The zero-order valence-electron chi connectivity index (χ0n) is 9.30. The Hall–Kier alpha value is -1.38. The van der Waals surface area contributed by atoms with Crippen molar-refractivity contribution in [1.82, 2.24) is 4.98 Å². The third-order valence-electron chi connectivity index (χ3n) is 3.49. The molecule has 1 unspecified atom stereocenters. The molecule has 1 atom stereocenters. The van der Waals surface area contributed by atoms with Crippen molar-refractivity contribution in [1.29, 1.82) is 0 Å². The molecule has 0 bridgehead atoms. The van der Waals surface area contributed by atoms with Crippen LogP contribution in [0.4, 0.5) is 0 Å². The summed E-state index contributed by atoms with van der Waals surface area (Å²) < 4.78 is 0. The normalized spacial score (nSPS) is 18.5. The molecule has 1 fully saturated rings. The molecule has 2 rings (SSSR count). The van der Waals surface area contributed by atoms with Crippen molar-refractivity contribution in [3.05, 3.63) is 30.1 Å². The smallest absolute Gasteiger partial charge is 0.307 e. The van der Waals surface area contributed by atoms with Gasteiger partial charge in [0.2, 0.25) is 0 Å². The molecule has 1 aromatic rings. The molecule has 3 nitrogen and oxygen atoms in total. The minimum atomic E-state index is -0.649. The van der Waals surface area contributed by atoms with Crippen LogP contribution in [-0.4, -0.2) is 16.1 Å². The van der Waals surface area contributed by atoms with Gasteiger partial charge in [0.25, 0.3) is 0 Å². The second-order valence-electron chi connectivity index (χ2n) is 4.55. The quantitative estimate of drug-likeness (QED) is 0.846. The Morgan fingerprint density at radius 2 is 2.00 bits per heavy atom. The third kappa shape index (κ3) is 2.60. The van der Waals surface area contributed by atoms with E-state index in [1.54, 1.807) is 12.4 Å². The van der Waals surface area contributed by atoms with Gasteiger partial charge >= 0.3 is 5.97 Å². The van der Waals surface area contributed by atoms with Crippen LogP contribution in [0.2, 0.25) is 0 Å². The number of carboxylic acids is 1. The van der Waals surface area contributed by atoms with Gasteiger partial charge in [-0.25, -0.2) is 0 Å². The molecule has 1 N–H and O–H groups in total. The summed E-state index contributed by atoms with van der Waals surface area (Å²) in [5.41, 5.74) is 1.08. The maximum atomic E-state index is 11.3. The van der Waals surface area contributed by atoms with E-state index in [1.165, 1.54) is 12.8 Å². The van der Waals surface area contributed by atoms with Crippen molar-refractivity contribution in [2.75, 3.05) is 0 Å². The van der Waals surface area contributed by atoms with E-state index in [-0.39, 0.29) is 5.92 Å². The van der Waals surface area contributed by atoms with Crippen molar-refractivity contribution in [2.24, 2.45) is 11.8 Å². The largest absolute Gasteiger partial charge is 0.481 e. The lowest BCUT2D eigenvalue weighted by Gasteiger charge is -2.18. The molecule has 0 aromatic carbocycles. The first-order chi connectivity index (χ1) is 7.77. The zero-order chi connectivity index (χ0) is 11.4. The molecule has 16 heavy (non-hydrogen) atoms. The Labute approximate surface area is 95.5 Å². The summed E-state index contributed by atoms with van der Waals surface area (Å²) in [7, 11) is 0. The average molecular weight is 219 g/mol. The van der Waals surface area contributed by atoms with Gasteiger partial charge in [0.1, 0.15) is 0 Å². The second kappa shape index (κ2) is 5.10. The van der Waals surface area contributed by atoms with Crippen LogP contribution in [0.5, 0.6) is 0 Å². The van der Waals surface area contributed by atoms with Crippen LogP contribution in [0.25, 0.3) is 0 Å². The van der Waals surface area contributed by atoms with Gasteiger partial charge in [0.15, 0.2) is 0 Å². The highest BCUT2D eigenvalue weighted by Gasteiger charge is 2.30. The van der Waals surface area contributed by atoms with Gasteiger partial charge < -0.3 is 5.11 Å². The Bertz CT molecular complexity index is 344. The predicted molar refractivity (Wildman–Crippen MR) is 61.0 cm³/mol. The predicted octanol–water partition coefficient (Wildman–Crippen LogP) is 2.52. The minimum Gasteiger partial charge on any atom is -0.481 e. The fraction of sp³-hybridized carbons (Fsp3) is 0.538. The van der Waals surface area contributed by atoms with Gasteiger partial charge in [-0.2, -0.15) is 0 Å². The number of aliphatic carboxylic acids is 1. The molecule has 1 saturated carbocycles. The van der Waals surface area contributed by atoms with Crippen LogP contribution >= 0.6 is 0 Å². The monoisotopic (exact) mass is 219 g/mol. The molecular weight excluding hydrogens is 202 g/mol. The summed E-state index contributed by atoms with van der Waals surface area (Å²) in [5, 5.41) is 9.28. The molecule has 0 spiro atoms. The lowest BCUT2D eigenvalue weighted by Crippen LogP contribution is -2.24. The van der Waals surface area contributed by atoms with Gasteiger partial charge in [-0.1, -0.05) is 12.8 Å². The Balaban J connectivity index is 2.05. The summed E-state index contributed by atoms with van der Waals surface area (Å²) >= 11 is 0. The topological polar surface area (TPSA) is 50.2 Å². The number of carbonyl (C=O) groups is 1. The van der Waals surface area contributed by atoms with E-state index in [4.69, 9.17) is 0 Å². The highest BCUT2D eigenvalue weighted by molar-refractivity contribution is 5.70. The van der Waals surface area contributed by atoms with E-state index < -0.39 is 5.97 Å². The number of aromatic nitrogens is 1. The van der Waals surface area contributed by atoms with E-state index in [0.29, 0.717) is 12.3 Å². The number of hydrogen-bond acceptors (Lipinski definition) is 2. The SMILES string of the molecule is O=C(O)C(Cc1ccncc1)C1CCCC1. The van der Waals surface area contributed by atoms with Crippen LogP contribution < -0.4 is 0 Å². The number of pyridine rings is 1. The van der Waals surface area contributed by atoms with E-state index in [2.05, 4.69) is 4.98 Å². The molecule has 1 aliphatic carbocycles. The molecule has 1 aromatic heterocycles. The van der Waals surface area contributed by atoms with Crippen molar-refractivity contribution in [2.45, 2.75) is 32.1 Å². The molecule has 0 aliphatic heterocycles. The summed E-state index contributed by atoms with van der Waals surface area (Å²) in [6, 6.07) is 3.82. The second-order valence-corrected chi connectivity index (χ2v) is 4.55. The van der Waals surface area contributed by atoms with Crippen molar-refractivity contribution < 1.29 is 9.90 Å². The first-order valence-corrected chi connectivity index (χ1v) is 5.89. The number of hydrogen-bond donors (Lipinski definition) is 1. The number of rotatable bonds is 4. The molecule has 0 amide bonds. The zero-order valence-corrected chi connectivity index (χ0v) is 9.30. The van der Waals surface area contributed by atoms with E-state index in [9.17, 15) is 9.90 Å². The van der Waals surface area contributed by atoms with Gasteiger partial charge in [0, 0.05) is 12.4 Å². The number of nitrogens with zero attached hydrogens (tertiary/aromatic N) is 1. The fourth-order valence-corrected chi connectivity index (χ4v) is 2.59. The molecule has 0 saturated heterocycles. The molecule has 0 radical (unpaired) electrons. The van der Waals surface area contributed by atoms with Crippen LogP contribution in [0.1, 0.15) is 31.2 Å². The molecule has 86 valence electrons. The first kappa shape index (κ1) is 11.1. The molecule has 1 heterocycles. The molecule has 1 aliphatic rings. The lowest BCUT2D eigenvalue weighted by atomic mass is 9.86. The highest BCUT2D eigenvalue weighted by atomic mass is 16.4. The van der Waals surface area contributed by atoms with Crippen molar-refractivity contribution in [3.63, 3.8) is 0 Å². The standard InChI is InChI=1S/C13H17NO2/c15-13(16)12(11-3-1-2-4-11)9-10-5-7-14-8-6-10/h5-8,11-12H,1-4,9H2,(H,15,16). The Kier molecular flexibility index (Phi) is 3.54. The summed E-state index contributed by atoms with van der Waals surface area (Å²) in [6.45, 7) is 0. The van der Waals surface area contributed by atoms with Gasteiger partial charge in [-0.15, -0.1) is 0 Å². The van der Waals surface area contributed by atoms with Crippen molar-refractivity contribution >= 4 is 5.97 Å². The maximum Gasteiger partial charge on any atom is 0.307 e. The van der Waals surface area contributed by atoms with Crippen molar-refractivity contribution in [3.8, 4) is 0 Å². The maximum absolute atomic E-state index is 11.3. The summed E-state index contributed by atoms with van der Waals surface area (Å²) in [5.74, 6) is -0.501. The average Bonchev–Trinajstić information content (AvgIpc) is 2.80. The summed E-state index contributed by atoms with van der Waals surface area (Å²) in [6.07, 6.45) is 8.61.